The first kappa shape index (κ1) is 12.2. The van der Waals surface area contributed by atoms with E-state index in [1.54, 1.807) is 0 Å². The third kappa shape index (κ3) is 2.72. The first-order valence-electron chi connectivity index (χ1n) is 6.07. The maximum absolute atomic E-state index is 3.24. The summed E-state index contributed by atoms with van der Waals surface area (Å²) in [6.45, 7) is 0. The topological polar surface area (TPSA) is 24.1 Å². The number of para-hydroxylation sites is 1. The molecule has 92 valence electrons. The number of hydrogen-bond donors (Lipinski definition) is 2. The Morgan fingerprint density at radius 1 is 0.778 bits per heavy atom. The van der Waals surface area contributed by atoms with Gasteiger partial charge in [-0.15, -0.1) is 0 Å². The molecule has 0 unspecified atom stereocenters. The Kier molecular flexibility index (Phi) is 4.02. The first-order valence-corrected chi connectivity index (χ1v) is 6.07. The van der Waals surface area contributed by atoms with Crippen molar-refractivity contribution in [2.45, 2.75) is 0 Å². The maximum atomic E-state index is 3.24. The maximum Gasteiger partial charge on any atom is 0.0646 e. The first-order chi connectivity index (χ1) is 8.85. The molecule has 0 atom stereocenters. The summed E-state index contributed by atoms with van der Waals surface area (Å²) in [5, 5.41) is 6.43. The molecule has 2 aromatic rings. The van der Waals surface area contributed by atoms with Gasteiger partial charge in [-0.1, -0.05) is 54.6 Å². The smallest absolute Gasteiger partial charge is 0.0646 e. The molecule has 0 aliphatic heterocycles. The van der Waals surface area contributed by atoms with Gasteiger partial charge in [-0.25, -0.2) is 0 Å². The minimum Gasteiger partial charge on any atom is -0.386 e. The third-order valence-corrected chi connectivity index (χ3v) is 2.87. The number of anilines is 2. The molecule has 0 fully saturated rings. The molecule has 0 saturated carbocycles. The van der Waals surface area contributed by atoms with Gasteiger partial charge in [0, 0.05) is 14.1 Å². The van der Waals surface area contributed by atoms with E-state index in [-0.39, 0.29) is 0 Å². The van der Waals surface area contributed by atoms with Crippen LogP contribution < -0.4 is 10.6 Å². The van der Waals surface area contributed by atoms with Crippen molar-refractivity contribution in [1.29, 1.82) is 0 Å². The quantitative estimate of drug-likeness (QED) is 0.788. The van der Waals surface area contributed by atoms with Crippen molar-refractivity contribution in [2.24, 2.45) is 0 Å². The van der Waals surface area contributed by atoms with E-state index >= 15 is 0 Å². The summed E-state index contributed by atoms with van der Waals surface area (Å²) in [4.78, 5) is 0. The third-order valence-electron chi connectivity index (χ3n) is 2.87. The molecule has 0 aromatic heterocycles. The summed E-state index contributed by atoms with van der Waals surface area (Å²) in [6, 6.07) is 16.5. The van der Waals surface area contributed by atoms with Gasteiger partial charge in [-0.3, -0.25) is 0 Å². The van der Waals surface area contributed by atoms with Crippen LogP contribution in [0.1, 0.15) is 11.1 Å². The molecule has 0 spiro atoms. The minimum atomic E-state index is 1.10. The Labute approximate surface area is 108 Å². The molecule has 0 saturated heterocycles. The van der Waals surface area contributed by atoms with E-state index in [2.05, 4.69) is 53.1 Å². The lowest BCUT2D eigenvalue weighted by Crippen LogP contribution is -1.98. The Morgan fingerprint density at radius 2 is 1.56 bits per heavy atom. The largest absolute Gasteiger partial charge is 0.386 e. The van der Waals surface area contributed by atoms with Crippen molar-refractivity contribution >= 4 is 23.5 Å². The SMILES string of the molecule is CNc1cccc(C=Cc2ccccc2)c1NC. The highest BCUT2D eigenvalue weighted by Crippen LogP contribution is 2.26. The fourth-order valence-electron chi connectivity index (χ4n) is 1.95. The van der Waals surface area contributed by atoms with Crippen molar-refractivity contribution in [3.05, 3.63) is 59.7 Å². The van der Waals surface area contributed by atoms with Crippen LogP contribution in [0.25, 0.3) is 12.2 Å². The van der Waals surface area contributed by atoms with E-state index in [0.29, 0.717) is 0 Å². The fraction of sp³-hybridized carbons (Fsp3) is 0.125. The van der Waals surface area contributed by atoms with E-state index in [1.165, 1.54) is 11.1 Å². The Hall–Kier alpha value is -2.22. The second kappa shape index (κ2) is 5.92. The summed E-state index contributed by atoms with van der Waals surface area (Å²) in [6.07, 6.45) is 4.25. The lowest BCUT2D eigenvalue weighted by Gasteiger charge is -2.11. The van der Waals surface area contributed by atoms with Gasteiger partial charge in [-0.05, 0) is 17.2 Å². The Balaban J connectivity index is 2.32. The molecular weight excluding hydrogens is 220 g/mol. The molecule has 0 aliphatic carbocycles. The molecule has 2 heteroatoms. The number of hydrogen-bond acceptors (Lipinski definition) is 2. The summed E-state index contributed by atoms with van der Waals surface area (Å²) in [5.74, 6) is 0. The zero-order chi connectivity index (χ0) is 12.8. The van der Waals surface area contributed by atoms with Crippen molar-refractivity contribution < 1.29 is 0 Å². The van der Waals surface area contributed by atoms with Crippen LogP contribution in [-0.2, 0) is 0 Å². The predicted octanol–water partition coefficient (Wildman–Crippen LogP) is 3.94. The highest BCUT2D eigenvalue weighted by molar-refractivity contribution is 5.83. The lowest BCUT2D eigenvalue weighted by molar-refractivity contribution is 1.44. The number of nitrogens with one attached hydrogen (secondary N) is 2. The van der Waals surface area contributed by atoms with Crippen molar-refractivity contribution in [3.8, 4) is 0 Å². The predicted molar refractivity (Wildman–Crippen MR) is 80.9 cm³/mol. The van der Waals surface area contributed by atoms with Gasteiger partial charge in [0.2, 0.25) is 0 Å². The zero-order valence-corrected chi connectivity index (χ0v) is 10.8. The fourth-order valence-corrected chi connectivity index (χ4v) is 1.95. The summed E-state index contributed by atoms with van der Waals surface area (Å²) in [5.41, 5.74) is 4.60. The summed E-state index contributed by atoms with van der Waals surface area (Å²) < 4.78 is 0. The zero-order valence-electron chi connectivity index (χ0n) is 10.8. The van der Waals surface area contributed by atoms with Crippen molar-refractivity contribution in [3.63, 3.8) is 0 Å². The van der Waals surface area contributed by atoms with E-state index in [1.807, 2.05) is 32.3 Å². The van der Waals surface area contributed by atoms with Gasteiger partial charge in [-0.2, -0.15) is 0 Å². The van der Waals surface area contributed by atoms with Crippen molar-refractivity contribution in [2.75, 3.05) is 24.7 Å². The van der Waals surface area contributed by atoms with Gasteiger partial charge in [0.05, 0.1) is 11.4 Å². The van der Waals surface area contributed by atoms with Gasteiger partial charge >= 0.3 is 0 Å². The molecule has 0 aliphatic rings. The summed E-state index contributed by atoms with van der Waals surface area (Å²) in [7, 11) is 3.87. The standard InChI is InChI=1S/C16H18N2/c1-17-15-10-6-9-14(16(15)18-2)12-11-13-7-4-3-5-8-13/h3-12,17-18H,1-2H3. The molecule has 0 radical (unpaired) electrons. The van der Waals surface area contributed by atoms with E-state index in [0.717, 1.165) is 11.4 Å². The molecule has 0 bridgehead atoms. The lowest BCUT2D eigenvalue weighted by atomic mass is 10.1. The monoisotopic (exact) mass is 238 g/mol. The van der Waals surface area contributed by atoms with Crippen LogP contribution in [0.15, 0.2) is 48.5 Å². The Morgan fingerprint density at radius 3 is 2.22 bits per heavy atom. The summed E-state index contributed by atoms with van der Waals surface area (Å²) >= 11 is 0. The van der Waals surface area contributed by atoms with Crippen LogP contribution in [-0.4, -0.2) is 14.1 Å². The highest BCUT2D eigenvalue weighted by Gasteiger charge is 2.02. The van der Waals surface area contributed by atoms with Crippen LogP contribution in [0.2, 0.25) is 0 Å². The molecule has 2 rings (SSSR count). The van der Waals surface area contributed by atoms with E-state index in [4.69, 9.17) is 0 Å². The Bertz CT molecular complexity index is 530. The van der Waals surface area contributed by atoms with Gasteiger partial charge in [0.1, 0.15) is 0 Å². The van der Waals surface area contributed by atoms with Crippen molar-refractivity contribution in [1.82, 2.24) is 0 Å². The molecule has 18 heavy (non-hydrogen) atoms. The molecule has 2 N–H and O–H groups in total. The number of rotatable bonds is 4. The number of benzene rings is 2. The van der Waals surface area contributed by atoms with Crippen LogP contribution in [0.3, 0.4) is 0 Å². The molecule has 2 aromatic carbocycles. The van der Waals surface area contributed by atoms with Crippen LogP contribution in [0.4, 0.5) is 11.4 Å². The van der Waals surface area contributed by atoms with Crippen LogP contribution >= 0.6 is 0 Å². The second-order valence-corrected chi connectivity index (χ2v) is 4.01. The van der Waals surface area contributed by atoms with Crippen LogP contribution in [0.5, 0.6) is 0 Å². The normalized spacial score (nSPS) is 10.6. The second-order valence-electron chi connectivity index (χ2n) is 4.01. The van der Waals surface area contributed by atoms with Gasteiger partial charge in [0.25, 0.3) is 0 Å². The molecule has 0 heterocycles. The van der Waals surface area contributed by atoms with E-state index < -0.39 is 0 Å². The molecular formula is C16H18N2. The van der Waals surface area contributed by atoms with Crippen LogP contribution in [0, 0.1) is 0 Å². The molecule has 0 amide bonds. The van der Waals surface area contributed by atoms with Gasteiger partial charge < -0.3 is 10.6 Å². The average molecular weight is 238 g/mol. The van der Waals surface area contributed by atoms with Gasteiger partial charge in [0.15, 0.2) is 0 Å². The minimum absolute atomic E-state index is 1.10. The highest BCUT2D eigenvalue weighted by atomic mass is 14.9. The van der Waals surface area contributed by atoms with E-state index in [9.17, 15) is 0 Å². The average Bonchev–Trinajstić information content (AvgIpc) is 2.45. The molecule has 2 nitrogen and oxygen atoms in total.